The molecule has 2 N–H and O–H groups in total. The molecule has 1 saturated heterocycles. The molecular formula is C18H20N4O3. The summed E-state index contributed by atoms with van der Waals surface area (Å²) in [4.78, 5) is 32.2. The van der Waals surface area contributed by atoms with Crippen molar-refractivity contribution in [3.8, 4) is 17.0 Å². The van der Waals surface area contributed by atoms with Crippen LogP contribution in [0.25, 0.3) is 11.3 Å². The van der Waals surface area contributed by atoms with Crippen LogP contribution in [0.15, 0.2) is 48.0 Å². The average molecular weight is 340 g/mol. The van der Waals surface area contributed by atoms with E-state index in [9.17, 15) is 9.59 Å². The zero-order valence-corrected chi connectivity index (χ0v) is 14.0. The molecule has 0 radical (unpaired) electrons. The standard InChI is InChI=1S/C18H20N4O3/c1-3-17(23)22-10-12(11-22)8-20-16-6-13(9-21-18(16)24)15-7-14(25-2)4-5-19-15/h3-7,9,12,20H,1,8,10-11H2,2H3,(H,21,24). The Morgan fingerprint density at radius 2 is 2.32 bits per heavy atom. The minimum Gasteiger partial charge on any atom is -0.497 e. The van der Waals surface area contributed by atoms with Crippen LogP contribution in [0.2, 0.25) is 0 Å². The van der Waals surface area contributed by atoms with Gasteiger partial charge in [0.2, 0.25) is 5.91 Å². The lowest BCUT2D eigenvalue weighted by Gasteiger charge is -2.38. The second-order valence-electron chi connectivity index (χ2n) is 5.91. The minimum atomic E-state index is -0.190. The molecule has 1 aliphatic heterocycles. The van der Waals surface area contributed by atoms with Gasteiger partial charge in [0.1, 0.15) is 11.4 Å². The fourth-order valence-corrected chi connectivity index (χ4v) is 2.72. The number of H-pyrrole nitrogens is 1. The van der Waals surface area contributed by atoms with Crippen molar-refractivity contribution in [2.24, 2.45) is 5.92 Å². The molecule has 0 bridgehead atoms. The van der Waals surface area contributed by atoms with E-state index < -0.39 is 0 Å². The van der Waals surface area contributed by atoms with E-state index in [-0.39, 0.29) is 11.5 Å². The third-order valence-corrected chi connectivity index (χ3v) is 4.19. The zero-order chi connectivity index (χ0) is 17.8. The number of anilines is 1. The van der Waals surface area contributed by atoms with Crippen molar-refractivity contribution in [1.29, 1.82) is 0 Å². The van der Waals surface area contributed by atoms with Crippen molar-refractivity contribution < 1.29 is 9.53 Å². The van der Waals surface area contributed by atoms with Gasteiger partial charge in [-0.05, 0) is 18.2 Å². The van der Waals surface area contributed by atoms with Crippen LogP contribution < -0.4 is 15.6 Å². The summed E-state index contributed by atoms with van der Waals surface area (Å²) >= 11 is 0. The molecule has 0 saturated carbocycles. The van der Waals surface area contributed by atoms with E-state index in [4.69, 9.17) is 4.74 Å². The number of aromatic nitrogens is 2. The summed E-state index contributed by atoms with van der Waals surface area (Å²) in [5.41, 5.74) is 1.80. The first-order valence-electron chi connectivity index (χ1n) is 7.99. The first kappa shape index (κ1) is 16.8. The summed E-state index contributed by atoms with van der Waals surface area (Å²) in [5, 5.41) is 3.16. The van der Waals surface area contributed by atoms with Crippen LogP contribution in [0, 0.1) is 5.92 Å². The molecule has 1 fully saturated rings. The summed E-state index contributed by atoms with van der Waals surface area (Å²) in [5.74, 6) is 0.967. The van der Waals surface area contributed by atoms with Crippen molar-refractivity contribution in [1.82, 2.24) is 14.9 Å². The molecule has 0 aromatic carbocycles. The van der Waals surface area contributed by atoms with Crippen molar-refractivity contribution in [3.05, 3.63) is 53.6 Å². The topological polar surface area (TPSA) is 87.3 Å². The monoisotopic (exact) mass is 340 g/mol. The van der Waals surface area contributed by atoms with Crippen molar-refractivity contribution >= 4 is 11.6 Å². The number of amides is 1. The summed E-state index contributed by atoms with van der Waals surface area (Å²) < 4.78 is 5.20. The number of methoxy groups -OCH3 is 1. The van der Waals surface area contributed by atoms with Gasteiger partial charge in [0.05, 0.1) is 12.8 Å². The molecule has 1 aliphatic rings. The van der Waals surface area contributed by atoms with E-state index in [0.717, 1.165) is 5.56 Å². The minimum absolute atomic E-state index is 0.0554. The molecule has 1 amide bonds. The van der Waals surface area contributed by atoms with Gasteiger partial charge >= 0.3 is 0 Å². The highest BCUT2D eigenvalue weighted by Gasteiger charge is 2.28. The zero-order valence-electron chi connectivity index (χ0n) is 14.0. The molecule has 130 valence electrons. The number of nitrogens with one attached hydrogen (secondary N) is 2. The fraction of sp³-hybridized carbons (Fsp3) is 0.278. The quantitative estimate of drug-likeness (QED) is 0.778. The number of rotatable bonds is 6. The Kier molecular flexibility index (Phi) is 4.83. The van der Waals surface area contributed by atoms with Crippen LogP contribution >= 0.6 is 0 Å². The first-order valence-corrected chi connectivity index (χ1v) is 7.99. The molecule has 7 nitrogen and oxygen atoms in total. The van der Waals surface area contributed by atoms with E-state index in [1.807, 2.05) is 6.07 Å². The number of pyridine rings is 2. The highest BCUT2D eigenvalue weighted by Crippen LogP contribution is 2.22. The second kappa shape index (κ2) is 7.21. The second-order valence-corrected chi connectivity index (χ2v) is 5.91. The van der Waals surface area contributed by atoms with Crippen LogP contribution in [0.1, 0.15) is 0 Å². The van der Waals surface area contributed by atoms with Gasteiger partial charge in [-0.1, -0.05) is 6.58 Å². The Bertz CT molecular complexity index is 840. The summed E-state index contributed by atoms with van der Waals surface area (Å²) in [6.07, 6.45) is 4.61. The Hall–Kier alpha value is -3.09. The lowest BCUT2D eigenvalue weighted by molar-refractivity contribution is -0.131. The molecule has 0 unspecified atom stereocenters. The lowest BCUT2D eigenvalue weighted by Crippen LogP contribution is -2.51. The first-order chi connectivity index (χ1) is 12.1. The molecule has 3 rings (SSSR count). The van der Waals surface area contributed by atoms with Crippen molar-refractivity contribution in [3.63, 3.8) is 0 Å². The van der Waals surface area contributed by atoms with E-state index >= 15 is 0 Å². The van der Waals surface area contributed by atoms with Gasteiger partial charge in [-0.25, -0.2) is 0 Å². The predicted octanol–water partition coefficient (Wildman–Crippen LogP) is 1.50. The molecule has 2 aromatic heterocycles. The van der Waals surface area contributed by atoms with Gasteiger partial charge in [-0.2, -0.15) is 0 Å². The maximum Gasteiger partial charge on any atom is 0.271 e. The number of aromatic amines is 1. The lowest BCUT2D eigenvalue weighted by atomic mass is 10.00. The Morgan fingerprint density at radius 3 is 3.04 bits per heavy atom. The summed E-state index contributed by atoms with van der Waals surface area (Å²) in [6.45, 7) is 5.45. The van der Waals surface area contributed by atoms with Gasteiger partial charge in [0.15, 0.2) is 0 Å². The highest BCUT2D eigenvalue weighted by atomic mass is 16.5. The van der Waals surface area contributed by atoms with Crippen LogP contribution in [-0.2, 0) is 4.79 Å². The fourth-order valence-electron chi connectivity index (χ4n) is 2.72. The number of hydrogen-bond acceptors (Lipinski definition) is 5. The number of hydrogen-bond donors (Lipinski definition) is 2. The number of carbonyl (C=O) groups is 1. The molecule has 0 spiro atoms. The summed E-state index contributed by atoms with van der Waals surface area (Å²) in [6, 6.07) is 5.34. The number of likely N-dealkylation sites (tertiary alicyclic amines) is 1. The number of carbonyl (C=O) groups excluding carboxylic acids is 1. The van der Waals surface area contributed by atoms with Crippen molar-refractivity contribution in [2.75, 3.05) is 32.1 Å². The SMILES string of the molecule is C=CC(=O)N1CC(CNc2cc(-c3cc(OC)ccn3)c[nH]c2=O)C1. The molecule has 0 atom stereocenters. The van der Waals surface area contributed by atoms with Gasteiger partial charge in [-0.3, -0.25) is 14.6 Å². The normalized spacial score (nSPS) is 13.9. The Labute approximate surface area is 145 Å². The van der Waals surface area contributed by atoms with Crippen LogP contribution in [0.3, 0.4) is 0 Å². The maximum atomic E-state index is 12.0. The number of ether oxygens (including phenoxy) is 1. The molecule has 25 heavy (non-hydrogen) atoms. The van der Waals surface area contributed by atoms with E-state index in [0.29, 0.717) is 42.7 Å². The van der Waals surface area contributed by atoms with Gasteiger partial charge in [0.25, 0.3) is 5.56 Å². The smallest absolute Gasteiger partial charge is 0.271 e. The third-order valence-electron chi connectivity index (χ3n) is 4.19. The van der Waals surface area contributed by atoms with Gasteiger partial charge < -0.3 is 19.9 Å². The molecule has 0 aliphatic carbocycles. The molecule has 3 heterocycles. The van der Waals surface area contributed by atoms with Gasteiger partial charge in [-0.15, -0.1) is 0 Å². The van der Waals surface area contributed by atoms with Crippen LogP contribution in [-0.4, -0.2) is 47.5 Å². The average Bonchev–Trinajstić information content (AvgIpc) is 2.61. The highest BCUT2D eigenvalue weighted by molar-refractivity contribution is 5.87. The third kappa shape index (κ3) is 3.71. The van der Waals surface area contributed by atoms with Crippen LogP contribution in [0.4, 0.5) is 5.69 Å². The Balaban J connectivity index is 1.67. The molecule has 2 aromatic rings. The molecular weight excluding hydrogens is 320 g/mol. The molecule has 7 heteroatoms. The van der Waals surface area contributed by atoms with E-state index in [1.165, 1.54) is 6.08 Å². The Morgan fingerprint density at radius 1 is 1.52 bits per heavy atom. The summed E-state index contributed by atoms with van der Waals surface area (Å²) in [7, 11) is 1.60. The largest absolute Gasteiger partial charge is 0.497 e. The van der Waals surface area contributed by atoms with Crippen LogP contribution in [0.5, 0.6) is 5.75 Å². The predicted molar refractivity (Wildman–Crippen MR) is 95.6 cm³/mol. The van der Waals surface area contributed by atoms with E-state index in [2.05, 4.69) is 21.9 Å². The maximum absolute atomic E-state index is 12.0. The van der Waals surface area contributed by atoms with Crippen molar-refractivity contribution in [2.45, 2.75) is 0 Å². The van der Waals surface area contributed by atoms with E-state index in [1.54, 1.807) is 36.5 Å². The van der Waals surface area contributed by atoms with Gasteiger partial charge in [0, 0.05) is 49.6 Å². The number of nitrogens with zero attached hydrogens (tertiary/aromatic N) is 2.